The molecule has 8 heteroatoms. The van der Waals surface area contributed by atoms with E-state index in [1.54, 1.807) is 44.3 Å². The summed E-state index contributed by atoms with van der Waals surface area (Å²) >= 11 is 6.23. The third-order valence-electron chi connectivity index (χ3n) is 6.06. The van der Waals surface area contributed by atoms with Crippen LogP contribution < -0.4 is 10.5 Å². The quantitative estimate of drug-likeness (QED) is 0.332. The molecule has 0 radical (unpaired) electrons. The number of amides is 1. The van der Waals surface area contributed by atoms with Crippen LogP contribution in [0, 0.1) is 6.92 Å². The molecule has 0 aliphatic carbocycles. The minimum atomic E-state index is -0.316. The molecule has 176 valence electrons. The Labute approximate surface area is 206 Å². The Bertz CT molecular complexity index is 1650. The molecule has 5 rings (SSSR count). The van der Waals surface area contributed by atoms with Crippen LogP contribution in [0.2, 0.25) is 5.02 Å². The number of oxazole rings is 1. The number of carbonyl (C=O) groups is 1. The minimum absolute atomic E-state index is 0.220. The normalized spacial score (nSPS) is 11.3. The number of anilines is 1. The summed E-state index contributed by atoms with van der Waals surface area (Å²) in [5, 5.41) is 6.41. The molecule has 0 atom stereocenters. The van der Waals surface area contributed by atoms with Gasteiger partial charge in [-0.15, -0.1) is 0 Å². The van der Waals surface area contributed by atoms with E-state index in [1.807, 2.05) is 37.3 Å². The van der Waals surface area contributed by atoms with Gasteiger partial charge in [-0.25, -0.2) is 9.67 Å². The van der Waals surface area contributed by atoms with E-state index in [0.29, 0.717) is 33.3 Å². The van der Waals surface area contributed by atoms with Crippen molar-refractivity contribution >= 4 is 45.1 Å². The molecule has 0 spiro atoms. The average Bonchev–Trinajstić information content (AvgIpc) is 3.24. The third-order valence-corrected chi connectivity index (χ3v) is 6.29. The summed E-state index contributed by atoms with van der Waals surface area (Å²) in [4.78, 5) is 32.4. The molecule has 5 aromatic rings. The number of benzene rings is 3. The molecule has 2 heterocycles. The summed E-state index contributed by atoms with van der Waals surface area (Å²) in [6.07, 6.45) is 0.787. The number of hydrogen-bond donors (Lipinski definition) is 0. The average molecular weight is 487 g/mol. The third kappa shape index (κ3) is 4.31. The Kier molecular flexibility index (Phi) is 5.86. The van der Waals surface area contributed by atoms with Crippen LogP contribution >= 0.6 is 11.6 Å². The molecule has 0 bridgehead atoms. The highest BCUT2D eigenvalue weighted by Gasteiger charge is 2.18. The zero-order valence-corrected chi connectivity index (χ0v) is 20.3. The van der Waals surface area contributed by atoms with Gasteiger partial charge in [-0.1, -0.05) is 42.8 Å². The van der Waals surface area contributed by atoms with Gasteiger partial charge >= 0.3 is 0 Å². The highest BCUT2D eigenvalue weighted by Crippen LogP contribution is 2.28. The van der Waals surface area contributed by atoms with Crippen molar-refractivity contribution in [1.82, 2.24) is 14.8 Å². The number of rotatable bonds is 5. The zero-order valence-electron chi connectivity index (χ0n) is 19.6. The first-order valence-electron chi connectivity index (χ1n) is 11.3. The molecule has 0 aliphatic heterocycles. The first kappa shape index (κ1) is 22.8. The van der Waals surface area contributed by atoms with Crippen LogP contribution in [-0.4, -0.2) is 27.7 Å². The van der Waals surface area contributed by atoms with Gasteiger partial charge in [0.1, 0.15) is 12.1 Å². The summed E-state index contributed by atoms with van der Waals surface area (Å²) < 4.78 is 6.82. The number of aryl methyl sites for hydroxylation is 2. The lowest BCUT2D eigenvalue weighted by molar-refractivity contribution is -0.119. The SMILES string of the molecule is CCc1ccc2c(-c3cccc(Cl)c3)nn(CC(=O)N(C)c3ccc4nc(C)oc4c3)c(=O)c2c1. The number of fused-ring (bicyclic) bond motifs is 2. The maximum absolute atomic E-state index is 13.4. The predicted octanol–water partition coefficient (Wildman–Crippen LogP) is 5.39. The van der Waals surface area contributed by atoms with Crippen molar-refractivity contribution in [3.63, 3.8) is 0 Å². The lowest BCUT2D eigenvalue weighted by Gasteiger charge is -2.18. The van der Waals surface area contributed by atoms with Crippen molar-refractivity contribution in [2.75, 3.05) is 11.9 Å². The fourth-order valence-corrected chi connectivity index (χ4v) is 4.32. The van der Waals surface area contributed by atoms with Gasteiger partial charge in [0, 0.05) is 41.7 Å². The summed E-state index contributed by atoms with van der Waals surface area (Å²) in [5.41, 5.74) is 4.03. The van der Waals surface area contributed by atoms with Crippen molar-refractivity contribution < 1.29 is 9.21 Å². The van der Waals surface area contributed by atoms with Crippen LogP contribution in [0.3, 0.4) is 0 Å². The first-order chi connectivity index (χ1) is 16.8. The molecule has 7 nitrogen and oxygen atoms in total. The molecule has 35 heavy (non-hydrogen) atoms. The maximum Gasteiger partial charge on any atom is 0.275 e. The Hall–Kier alpha value is -3.97. The smallest absolute Gasteiger partial charge is 0.275 e. The molecule has 1 amide bonds. The highest BCUT2D eigenvalue weighted by molar-refractivity contribution is 6.30. The van der Waals surface area contributed by atoms with E-state index in [2.05, 4.69) is 10.1 Å². The van der Waals surface area contributed by atoms with Gasteiger partial charge in [-0.2, -0.15) is 5.10 Å². The molecule has 0 saturated carbocycles. The van der Waals surface area contributed by atoms with Crippen LogP contribution in [-0.2, 0) is 17.8 Å². The fraction of sp³-hybridized carbons (Fsp3) is 0.185. The van der Waals surface area contributed by atoms with Crippen molar-refractivity contribution in [2.45, 2.75) is 26.8 Å². The Morgan fingerprint density at radius 3 is 2.69 bits per heavy atom. The molecular formula is C27H23ClN4O3. The predicted molar refractivity (Wildman–Crippen MR) is 138 cm³/mol. The Morgan fingerprint density at radius 2 is 1.91 bits per heavy atom. The van der Waals surface area contributed by atoms with Crippen LogP contribution in [0.5, 0.6) is 0 Å². The van der Waals surface area contributed by atoms with E-state index < -0.39 is 0 Å². The van der Waals surface area contributed by atoms with Crippen LogP contribution in [0.15, 0.2) is 69.9 Å². The number of likely N-dealkylation sites (N-methyl/N-ethyl adjacent to an activating group) is 1. The second-order valence-electron chi connectivity index (χ2n) is 8.39. The second-order valence-corrected chi connectivity index (χ2v) is 8.83. The van der Waals surface area contributed by atoms with Crippen molar-refractivity contribution in [1.29, 1.82) is 0 Å². The number of halogens is 1. The molecule has 3 aromatic carbocycles. The Balaban J connectivity index is 1.57. The van der Waals surface area contributed by atoms with Gasteiger partial charge < -0.3 is 9.32 Å². The molecule has 2 aromatic heterocycles. The minimum Gasteiger partial charge on any atom is -0.441 e. The summed E-state index contributed by atoms with van der Waals surface area (Å²) in [5.74, 6) is 0.260. The highest BCUT2D eigenvalue weighted by atomic mass is 35.5. The molecule has 0 unspecified atom stereocenters. The van der Waals surface area contributed by atoms with E-state index in [4.69, 9.17) is 16.0 Å². The lowest BCUT2D eigenvalue weighted by Crippen LogP contribution is -2.35. The molecule has 0 saturated heterocycles. The number of nitrogens with zero attached hydrogens (tertiary/aromatic N) is 4. The van der Waals surface area contributed by atoms with E-state index >= 15 is 0 Å². The van der Waals surface area contributed by atoms with Gasteiger partial charge in [0.2, 0.25) is 5.91 Å². The first-order valence-corrected chi connectivity index (χ1v) is 11.7. The van der Waals surface area contributed by atoms with Crippen LogP contribution in [0.4, 0.5) is 5.69 Å². The standard InChI is InChI=1S/C27H23ClN4O3/c1-4-17-8-10-21-22(12-17)27(34)32(30-26(21)18-6-5-7-19(28)13-18)15-25(33)31(3)20-9-11-23-24(14-20)35-16(2)29-23/h5-14H,4,15H2,1-3H3. The van der Waals surface area contributed by atoms with Gasteiger partial charge in [0.25, 0.3) is 5.56 Å². The monoisotopic (exact) mass is 486 g/mol. The lowest BCUT2D eigenvalue weighted by atomic mass is 10.0. The summed E-state index contributed by atoms with van der Waals surface area (Å²) in [6.45, 7) is 3.58. The van der Waals surface area contributed by atoms with E-state index in [-0.39, 0.29) is 18.0 Å². The van der Waals surface area contributed by atoms with E-state index in [1.165, 1.54) is 9.58 Å². The number of hydrogen-bond acceptors (Lipinski definition) is 5. The van der Waals surface area contributed by atoms with Gasteiger partial charge in [0.15, 0.2) is 11.5 Å². The fourth-order valence-electron chi connectivity index (χ4n) is 4.13. The van der Waals surface area contributed by atoms with Crippen molar-refractivity contribution in [2.24, 2.45) is 0 Å². The van der Waals surface area contributed by atoms with Gasteiger partial charge in [0.05, 0.1) is 11.1 Å². The zero-order chi connectivity index (χ0) is 24.7. The largest absolute Gasteiger partial charge is 0.441 e. The van der Waals surface area contributed by atoms with Crippen molar-refractivity contribution in [3.8, 4) is 11.3 Å². The summed E-state index contributed by atoms with van der Waals surface area (Å²) in [7, 11) is 1.66. The van der Waals surface area contributed by atoms with E-state index in [9.17, 15) is 9.59 Å². The maximum atomic E-state index is 13.4. The Morgan fingerprint density at radius 1 is 1.09 bits per heavy atom. The van der Waals surface area contributed by atoms with Crippen molar-refractivity contribution in [3.05, 3.63) is 87.5 Å². The summed E-state index contributed by atoms with van der Waals surface area (Å²) in [6, 6.07) is 18.4. The van der Waals surface area contributed by atoms with Crippen LogP contribution in [0.25, 0.3) is 33.1 Å². The van der Waals surface area contributed by atoms with Gasteiger partial charge in [-0.3, -0.25) is 9.59 Å². The van der Waals surface area contributed by atoms with E-state index in [0.717, 1.165) is 28.5 Å². The van der Waals surface area contributed by atoms with Crippen LogP contribution in [0.1, 0.15) is 18.4 Å². The van der Waals surface area contributed by atoms with Gasteiger partial charge in [-0.05, 0) is 42.3 Å². The molecule has 0 N–H and O–H groups in total. The topological polar surface area (TPSA) is 81.2 Å². The molecule has 0 fully saturated rings. The second kappa shape index (κ2) is 9.00. The molecular weight excluding hydrogens is 464 g/mol. The molecule has 0 aliphatic rings. The number of aromatic nitrogens is 3. The number of carbonyl (C=O) groups excluding carboxylic acids is 1.